The van der Waals surface area contributed by atoms with E-state index in [2.05, 4.69) is 39.1 Å². The normalized spacial score (nSPS) is 15.4. The Hall–Kier alpha value is -2.81. The Morgan fingerprint density at radius 2 is 1.93 bits per heavy atom. The van der Waals surface area contributed by atoms with Gasteiger partial charge in [0.25, 0.3) is 5.91 Å². The molecule has 1 N–H and O–H groups in total. The second-order valence-corrected chi connectivity index (χ2v) is 12.9. The maximum Gasteiger partial charge on any atom is 0.278 e. The van der Waals surface area contributed by atoms with Gasteiger partial charge in [0.15, 0.2) is 15.7 Å². The lowest BCUT2D eigenvalue weighted by molar-refractivity contribution is -0.110. The van der Waals surface area contributed by atoms with Gasteiger partial charge in [0.1, 0.15) is 22.7 Å². The van der Waals surface area contributed by atoms with E-state index in [0.717, 1.165) is 0 Å². The molecular weight excluding hydrogens is 564 g/mol. The number of methoxy groups -OCH3 is 1. The average molecular weight is 603 g/mol. The van der Waals surface area contributed by atoms with Crippen LogP contribution in [0.4, 0.5) is 5.13 Å². The van der Waals surface area contributed by atoms with E-state index in [9.17, 15) is 9.35 Å². The number of hydrogen-bond acceptors (Lipinski definition) is 11. The second-order valence-electron chi connectivity index (χ2n) is 10.4. The van der Waals surface area contributed by atoms with Crippen LogP contribution in [0.25, 0.3) is 10.3 Å². The maximum atomic E-state index is 13.5. The lowest BCUT2D eigenvalue weighted by Gasteiger charge is -2.31. The van der Waals surface area contributed by atoms with Crippen molar-refractivity contribution in [2.24, 2.45) is 5.10 Å². The standard InChI is InChI=1S/C28H38N6O5S2/c1-28(2,33(3)4)19-39-23-12-11-22-26(30-23)40-27(29-22)31-25(35)24(32-34-13-16-38-17-14-34)20-7-9-21(10-8-20)41(36)18-6-15-37-5/h7-12H,6,13-19H2,1-5H3,(H,29,31,35)/b32-24+. The number of benzene rings is 1. The zero-order valence-electron chi connectivity index (χ0n) is 24.2. The number of morpholine rings is 1. The molecule has 3 heterocycles. The van der Waals surface area contributed by atoms with E-state index in [0.29, 0.717) is 83.5 Å². The van der Waals surface area contributed by atoms with Crippen LogP contribution in [0.2, 0.25) is 0 Å². The fourth-order valence-electron chi connectivity index (χ4n) is 3.72. The molecule has 1 aliphatic rings. The number of likely N-dealkylation sites (N-methyl/N-ethyl adjacent to an activating group) is 1. The Labute approximate surface area is 248 Å². The lowest BCUT2D eigenvalue weighted by Crippen LogP contribution is -2.43. The number of aromatic nitrogens is 2. The van der Waals surface area contributed by atoms with Gasteiger partial charge in [-0.1, -0.05) is 11.3 Å². The Kier molecular flexibility index (Phi) is 10.9. The summed E-state index contributed by atoms with van der Waals surface area (Å²) in [5.74, 6) is 0.616. The number of amides is 1. The van der Waals surface area contributed by atoms with Crippen LogP contribution in [-0.4, -0.2) is 108 Å². The third kappa shape index (κ3) is 8.60. The highest BCUT2D eigenvalue weighted by Crippen LogP contribution is 2.27. The van der Waals surface area contributed by atoms with Crippen LogP contribution >= 0.6 is 11.3 Å². The highest BCUT2D eigenvalue weighted by Gasteiger charge is 2.23. The molecule has 13 heteroatoms. The van der Waals surface area contributed by atoms with Gasteiger partial charge in [-0.2, -0.15) is 5.10 Å². The van der Waals surface area contributed by atoms with Crippen LogP contribution in [0.15, 0.2) is 46.4 Å². The number of hydrogen-bond donors (Lipinski definition) is 1. The van der Waals surface area contributed by atoms with Gasteiger partial charge in [-0.25, -0.2) is 9.97 Å². The molecule has 0 saturated carbocycles. The smallest absolute Gasteiger partial charge is 0.278 e. The number of thiazole rings is 1. The number of rotatable bonds is 13. The van der Waals surface area contributed by atoms with Gasteiger partial charge >= 0.3 is 0 Å². The SMILES string of the molecule is COCCC[S+]([O-])c1ccc(/C(=N\N2CCOCC2)C(=O)Nc2nc3ccc(OCC(C)(C)N(C)C)nc3s2)cc1. The summed E-state index contributed by atoms with van der Waals surface area (Å²) in [6, 6.07) is 10.7. The number of nitrogens with zero attached hydrogens (tertiary/aromatic N) is 5. The fraction of sp³-hybridized carbons (Fsp3) is 0.500. The van der Waals surface area contributed by atoms with Crippen LogP contribution in [0.1, 0.15) is 25.8 Å². The topological polar surface area (TPSA) is 124 Å². The Bertz CT molecular complexity index is 1330. The third-order valence-corrected chi connectivity index (χ3v) is 9.09. The number of anilines is 1. The van der Waals surface area contributed by atoms with E-state index in [1.807, 2.05) is 25.2 Å². The first-order chi connectivity index (χ1) is 19.7. The molecule has 1 atom stereocenters. The van der Waals surface area contributed by atoms with Gasteiger partial charge in [0, 0.05) is 30.7 Å². The van der Waals surface area contributed by atoms with Gasteiger partial charge in [-0.05, 0) is 69.5 Å². The molecule has 11 nitrogen and oxygen atoms in total. The number of carbonyl (C=O) groups is 1. The van der Waals surface area contributed by atoms with Gasteiger partial charge in [0.05, 0.1) is 32.9 Å². The highest BCUT2D eigenvalue weighted by molar-refractivity contribution is 7.91. The highest BCUT2D eigenvalue weighted by atomic mass is 32.2. The van der Waals surface area contributed by atoms with E-state index in [4.69, 9.17) is 14.2 Å². The Balaban J connectivity index is 1.51. The van der Waals surface area contributed by atoms with Crippen molar-refractivity contribution >= 4 is 49.6 Å². The maximum absolute atomic E-state index is 13.5. The number of fused-ring (bicyclic) bond motifs is 1. The molecule has 1 unspecified atom stereocenters. The first-order valence-electron chi connectivity index (χ1n) is 13.4. The van der Waals surface area contributed by atoms with Crippen molar-refractivity contribution in [2.75, 3.05) is 71.8 Å². The first kappa shape index (κ1) is 31.1. The molecule has 1 aromatic carbocycles. The van der Waals surface area contributed by atoms with Crippen molar-refractivity contribution in [1.82, 2.24) is 19.9 Å². The zero-order valence-corrected chi connectivity index (χ0v) is 25.8. The van der Waals surface area contributed by atoms with Crippen LogP contribution in [0, 0.1) is 0 Å². The third-order valence-electron chi connectivity index (χ3n) is 6.75. The largest absolute Gasteiger partial charge is 0.611 e. The van der Waals surface area contributed by atoms with Crippen LogP contribution in [0.5, 0.6) is 5.88 Å². The van der Waals surface area contributed by atoms with Gasteiger partial charge in [-0.3, -0.25) is 15.1 Å². The number of hydrazone groups is 1. The molecule has 2 aromatic heterocycles. The number of pyridine rings is 1. The molecule has 0 aliphatic carbocycles. The quantitative estimate of drug-likeness (QED) is 0.178. The van der Waals surface area contributed by atoms with E-state index >= 15 is 0 Å². The molecule has 0 radical (unpaired) electrons. The number of nitrogens with one attached hydrogen (secondary N) is 1. The molecule has 41 heavy (non-hydrogen) atoms. The predicted molar refractivity (Wildman–Crippen MR) is 162 cm³/mol. The molecule has 1 saturated heterocycles. The molecule has 4 rings (SSSR count). The summed E-state index contributed by atoms with van der Waals surface area (Å²) in [5.41, 5.74) is 1.36. The summed E-state index contributed by atoms with van der Waals surface area (Å²) in [6.45, 7) is 7.46. The van der Waals surface area contributed by atoms with E-state index in [1.54, 1.807) is 37.4 Å². The van der Waals surface area contributed by atoms with Crippen molar-refractivity contribution in [3.05, 3.63) is 42.0 Å². The molecule has 0 spiro atoms. The van der Waals surface area contributed by atoms with Crippen LogP contribution < -0.4 is 10.1 Å². The number of carbonyl (C=O) groups excluding carboxylic acids is 1. The monoisotopic (exact) mass is 602 g/mol. The van der Waals surface area contributed by atoms with Crippen molar-refractivity contribution in [3.8, 4) is 5.88 Å². The zero-order chi connectivity index (χ0) is 29.4. The minimum atomic E-state index is -1.15. The Morgan fingerprint density at radius 1 is 1.20 bits per heavy atom. The van der Waals surface area contributed by atoms with Crippen molar-refractivity contribution in [1.29, 1.82) is 0 Å². The molecule has 1 amide bonds. The predicted octanol–water partition coefficient (Wildman–Crippen LogP) is 3.23. The minimum Gasteiger partial charge on any atom is -0.611 e. The molecule has 3 aromatic rings. The van der Waals surface area contributed by atoms with Gasteiger partial charge < -0.3 is 23.7 Å². The summed E-state index contributed by atoms with van der Waals surface area (Å²) in [4.78, 5) is 26.1. The van der Waals surface area contributed by atoms with Crippen molar-refractivity contribution in [2.45, 2.75) is 30.7 Å². The Morgan fingerprint density at radius 3 is 2.61 bits per heavy atom. The molecule has 222 valence electrons. The number of ether oxygens (including phenoxy) is 3. The first-order valence-corrected chi connectivity index (χ1v) is 15.6. The molecule has 0 bridgehead atoms. The van der Waals surface area contributed by atoms with E-state index in [1.165, 1.54) is 11.3 Å². The van der Waals surface area contributed by atoms with Gasteiger partial charge in [-0.15, -0.1) is 0 Å². The minimum absolute atomic E-state index is 0.156. The average Bonchev–Trinajstić information content (AvgIpc) is 3.37. The van der Waals surface area contributed by atoms with Crippen LogP contribution in [0.3, 0.4) is 0 Å². The van der Waals surface area contributed by atoms with Crippen molar-refractivity contribution < 1.29 is 23.6 Å². The molecule has 1 fully saturated rings. The summed E-state index contributed by atoms with van der Waals surface area (Å²) in [5, 5.41) is 9.81. The van der Waals surface area contributed by atoms with E-state index < -0.39 is 17.1 Å². The molecule has 1 aliphatic heterocycles. The molecular formula is C28H38N6O5S2. The summed E-state index contributed by atoms with van der Waals surface area (Å²) < 4.78 is 29.1. The van der Waals surface area contributed by atoms with Gasteiger partial charge in [0.2, 0.25) is 5.88 Å². The lowest BCUT2D eigenvalue weighted by atomic mass is 10.1. The van der Waals surface area contributed by atoms with Crippen molar-refractivity contribution in [3.63, 3.8) is 0 Å². The summed E-state index contributed by atoms with van der Waals surface area (Å²) >= 11 is 0.120. The van der Waals surface area contributed by atoms with Crippen LogP contribution in [-0.2, 0) is 25.4 Å². The second kappa shape index (κ2) is 14.4. The van der Waals surface area contributed by atoms with E-state index in [-0.39, 0.29) is 11.3 Å². The fourth-order valence-corrected chi connectivity index (χ4v) is 5.60. The summed E-state index contributed by atoms with van der Waals surface area (Å²) in [6.07, 6.45) is 0.704. The summed E-state index contributed by atoms with van der Waals surface area (Å²) in [7, 11) is 5.64.